The molecular formula is C23H27N3O2. The van der Waals surface area contributed by atoms with Crippen molar-refractivity contribution in [3.63, 3.8) is 0 Å². The molecule has 2 amide bonds. The molecule has 0 N–H and O–H groups in total. The molecule has 2 aromatic rings. The van der Waals surface area contributed by atoms with Crippen LogP contribution in [0.1, 0.15) is 17.5 Å². The summed E-state index contributed by atoms with van der Waals surface area (Å²) in [6, 6.07) is 16.4. The Hall–Kier alpha value is -2.82. The summed E-state index contributed by atoms with van der Waals surface area (Å²) in [5.41, 5.74) is 4.51. The first-order valence-electron chi connectivity index (χ1n) is 9.99. The van der Waals surface area contributed by atoms with Gasteiger partial charge >= 0.3 is 0 Å². The zero-order chi connectivity index (χ0) is 19.7. The third-order valence-electron chi connectivity index (χ3n) is 5.78. The molecule has 2 aliphatic rings. The summed E-state index contributed by atoms with van der Waals surface area (Å²) in [6.07, 6.45) is 0.310. The average molecular weight is 377 g/mol. The summed E-state index contributed by atoms with van der Waals surface area (Å²) >= 11 is 0. The van der Waals surface area contributed by atoms with Crippen LogP contribution >= 0.6 is 0 Å². The van der Waals surface area contributed by atoms with E-state index in [4.69, 9.17) is 0 Å². The second kappa shape index (κ2) is 7.66. The van der Waals surface area contributed by atoms with Gasteiger partial charge in [-0.3, -0.25) is 9.59 Å². The van der Waals surface area contributed by atoms with Crippen LogP contribution in [-0.2, 0) is 9.59 Å². The minimum absolute atomic E-state index is 0.0422. The summed E-state index contributed by atoms with van der Waals surface area (Å²) in [7, 11) is 0. The van der Waals surface area contributed by atoms with Gasteiger partial charge in [0.15, 0.2) is 0 Å². The van der Waals surface area contributed by atoms with Crippen molar-refractivity contribution in [1.29, 1.82) is 0 Å². The van der Waals surface area contributed by atoms with Crippen molar-refractivity contribution >= 4 is 23.2 Å². The standard InChI is InChI=1S/C23H27N3O2/c1-17-6-8-20(9-7-17)26-16-19(15-22(26)27)23(28)25-12-10-24(11-13-25)21-5-3-4-18(2)14-21/h3-9,14,19H,10-13,15-16H2,1-2H3/t19-/m1/s1. The fraction of sp³-hybridized carbons (Fsp3) is 0.391. The van der Waals surface area contributed by atoms with E-state index in [0.29, 0.717) is 26.1 Å². The molecule has 0 unspecified atom stereocenters. The first-order valence-corrected chi connectivity index (χ1v) is 9.99. The van der Waals surface area contributed by atoms with Crippen LogP contribution in [-0.4, -0.2) is 49.4 Å². The molecule has 2 heterocycles. The highest BCUT2D eigenvalue weighted by atomic mass is 16.2. The van der Waals surface area contributed by atoms with E-state index in [1.165, 1.54) is 11.3 Å². The lowest BCUT2D eigenvalue weighted by atomic mass is 10.1. The second-order valence-corrected chi connectivity index (χ2v) is 7.89. The van der Waals surface area contributed by atoms with E-state index in [-0.39, 0.29) is 17.7 Å². The highest BCUT2D eigenvalue weighted by molar-refractivity contribution is 6.00. The van der Waals surface area contributed by atoms with Crippen LogP contribution in [0.3, 0.4) is 0 Å². The van der Waals surface area contributed by atoms with Crippen molar-refractivity contribution in [3.8, 4) is 0 Å². The number of benzene rings is 2. The van der Waals surface area contributed by atoms with E-state index >= 15 is 0 Å². The quantitative estimate of drug-likeness (QED) is 0.826. The fourth-order valence-corrected chi connectivity index (χ4v) is 4.12. The zero-order valence-electron chi connectivity index (χ0n) is 16.6. The monoisotopic (exact) mass is 377 g/mol. The number of carbonyl (C=O) groups is 2. The molecule has 28 heavy (non-hydrogen) atoms. The summed E-state index contributed by atoms with van der Waals surface area (Å²) in [5, 5.41) is 0. The number of hydrogen-bond donors (Lipinski definition) is 0. The van der Waals surface area contributed by atoms with Crippen LogP contribution in [0.15, 0.2) is 48.5 Å². The molecule has 4 rings (SSSR count). The molecule has 0 saturated carbocycles. The first kappa shape index (κ1) is 18.5. The fourth-order valence-electron chi connectivity index (χ4n) is 4.12. The summed E-state index contributed by atoms with van der Waals surface area (Å²) in [4.78, 5) is 31.5. The molecule has 2 fully saturated rings. The van der Waals surface area contributed by atoms with Crippen LogP contribution in [0.5, 0.6) is 0 Å². The molecule has 1 atom stereocenters. The summed E-state index contributed by atoms with van der Waals surface area (Å²) in [6.45, 7) is 7.69. The molecule has 5 nitrogen and oxygen atoms in total. The van der Waals surface area contributed by atoms with Gasteiger partial charge in [0, 0.05) is 50.5 Å². The van der Waals surface area contributed by atoms with E-state index < -0.39 is 0 Å². The topological polar surface area (TPSA) is 43.9 Å². The molecule has 0 aromatic heterocycles. The molecule has 2 aliphatic heterocycles. The normalized spacial score (nSPS) is 20.0. The Morgan fingerprint density at radius 1 is 0.893 bits per heavy atom. The van der Waals surface area contributed by atoms with Crippen molar-refractivity contribution in [2.75, 3.05) is 42.5 Å². The molecule has 146 valence electrons. The molecule has 2 saturated heterocycles. The Morgan fingerprint density at radius 2 is 1.61 bits per heavy atom. The van der Waals surface area contributed by atoms with Gasteiger partial charge in [0.05, 0.1) is 5.92 Å². The Bertz CT molecular complexity index is 870. The number of nitrogens with zero attached hydrogens (tertiary/aromatic N) is 3. The number of anilines is 2. The van der Waals surface area contributed by atoms with Crippen molar-refractivity contribution < 1.29 is 9.59 Å². The number of amides is 2. The first-order chi connectivity index (χ1) is 13.5. The molecular weight excluding hydrogens is 350 g/mol. The lowest BCUT2D eigenvalue weighted by Gasteiger charge is -2.37. The predicted molar refractivity (Wildman–Crippen MR) is 112 cm³/mol. The Morgan fingerprint density at radius 3 is 2.29 bits per heavy atom. The Kier molecular flexibility index (Phi) is 5.07. The van der Waals surface area contributed by atoms with E-state index in [2.05, 4.69) is 36.1 Å². The number of hydrogen-bond acceptors (Lipinski definition) is 3. The van der Waals surface area contributed by atoms with E-state index in [1.54, 1.807) is 4.90 Å². The van der Waals surface area contributed by atoms with Crippen LogP contribution in [0.4, 0.5) is 11.4 Å². The second-order valence-electron chi connectivity index (χ2n) is 7.89. The number of piperazine rings is 1. The summed E-state index contributed by atoms with van der Waals surface area (Å²) in [5.74, 6) is -0.0771. The third kappa shape index (κ3) is 3.75. The Balaban J connectivity index is 1.36. The van der Waals surface area contributed by atoms with Gasteiger partial charge in [0.2, 0.25) is 11.8 Å². The van der Waals surface area contributed by atoms with Crippen molar-refractivity contribution in [3.05, 3.63) is 59.7 Å². The van der Waals surface area contributed by atoms with E-state index in [1.807, 2.05) is 36.1 Å². The number of rotatable bonds is 3. The third-order valence-corrected chi connectivity index (χ3v) is 5.78. The Labute approximate surface area is 166 Å². The van der Waals surface area contributed by atoms with Gasteiger partial charge in [0.1, 0.15) is 0 Å². The van der Waals surface area contributed by atoms with E-state index in [9.17, 15) is 9.59 Å². The lowest BCUT2D eigenvalue weighted by molar-refractivity contribution is -0.136. The largest absolute Gasteiger partial charge is 0.368 e. The molecule has 0 spiro atoms. The van der Waals surface area contributed by atoms with Crippen molar-refractivity contribution in [2.45, 2.75) is 20.3 Å². The number of aryl methyl sites for hydroxylation is 2. The van der Waals surface area contributed by atoms with Gasteiger partial charge in [-0.1, -0.05) is 29.8 Å². The maximum Gasteiger partial charge on any atom is 0.228 e. The van der Waals surface area contributed by atoms with Gasteiger partial charge in [0.25, 0.3) is 0 Å². The average Bonchev–Trinajstić information content (AvgIpc) is 3.10. The number of carbonyl (C=O) groups excluding carboxylic acids is 2. The van der Waals surface area contributed by atoms with Gasteiger partial charge < -0.3 is 14.7 Å². The molecule has 0 radical (unpaired) electrons. The van der Waals surface area contributed by atoms with Gasteiger partial charge in [-0.15, -0.1) is 0 Å². The minimum atomic E-state index is -0.237. The maximum atomic E-state index is 13.0. The lowest BCUT2D eigenvalue weighted by Crippen LogP contribution is -2.50. The smallest absolute Gasteiger partial charge is 0.228 e. The maximum absolute atomic E-state index is 13.0. The summed E-state index contributed by atoms with van der Waals surface area (Å²) < 4.78 is 0. The van der Waals surface area contributed by atoms with Crippen molar-refractivity contribution in [1.82, 2.24) is 4.90 Å². The molecule has 0 bridgehead atoms. The molecule has 5 heteroatoms. The van der Waals surface area contributed by atoms with E-state index in [0.717, 1.165) is 24.3 Å². The van der Waals surface area contributed by atoms with Crippen LogP contribution < -0.4 is 9.80 Å². The van der Waals surface area contributed by atoms with Crippen LogP contribution in [0.25, 0.3) is 0 Å². The van der Waals surface area contributed by atoms with Crippen LogP contribution in [0.2, 0.25) is 0 Å². The van der Waals surface area contributed by atoms with Gasteiger partial charge in [-0.25, -0.2) is 0 Å². The highest BCUT2D eigenvalue weighted by Crippen LogP contribution is 2.27. The minimum Gasteiger partial charge on any atom is -0.368 e. The van der Waals surface area contributed by atoms with Crippen LogP contribution in [0, 0.1) is 19.8 Å². The van der Waals surface area contributed by atoms with Gasteiger partial charge in [-0.05, 0) is 43.7 Å². The highest BCUT2D eigenvalue weighted by Gasteiger charge is 2.37. The zero-order valence-corrected chi connectivity index (χ0v) is 16.6. The molecule has 0 aliphatic carbocycles. The SMILES string of the molecule is Cc1ccc(N2C[C@H](C(=O)N3CCN(c4cccc(C)c4)CC3)CC2=O)cc1. The van der Waals surface area contributed by atoms with Crippen molar-refractivity contribution in [2.24, 2.45) is 5.92 Å². The molecule has 2 aromatic carbocycles. The van der Waals surface area contributed by atoms with Gasteiger partial charge in [-0.2, -0.15) is 0 Å². The predicted octanol–water partition coefficient (Wildman–Crippen LogP) is 3.01.